The lowest BCUT2D eigenvalue weighted by Gasteiger charge is -2.11. The van der Waals surface area contributed by atoms with Crippen molar-refractivity contribution >= 4 is 5.91 Å². The molecule has 1 saturated heterocycles. The Labute approximate surface area is 117 Å². The summed E-state index contributed by atoms with van der Waals surface area (Å²) < 4.78 is 18.7. The fourth-order valence-electron chi connectivity index (χ4n) is 2.07. The first kappa shape index (κ1) is 14.5. The number of amides is 1. The monoisotopic (exact) mass is 276 g/mol. The van der Waals surface area contributed by atoms with Crippen LogP contribution in [0.4, 0.5) is 4.39 Å². The molecule has 3 N–H and O–H groups in total. The molecule has 106 valence electrons. The zero-order valence-corrected chi connectivity index (χ0v) is 11.1. The molecule has 5 heteroatoms. The summed E-state index contributed by atoms with van der Waals surface area (Å²) in [5.74, 6) is 4.63. The number of nitrogens with one attached hydrogen (secondary N) is 1. The van der Waals surface area contributed by atoms with Crippen LogP contribution in [-0.4, -0.2) is 31.7 Å². The second kappa shape index (κ2) is 7.04. The maximum atomic E-state index is 13.3. The zero-order valence-electron chi connectivity index (χ0n) is 11.1. The van der Waals surface area contributed by atoms with Crippen LogP contribution in [0.2, 0.25) is 0 Å². The molecule has 1 aromatic carbocycles. The molecule has 4 nitrogen and oxygen atoms in total. The molecular weight excluding hydrogens is 259 g/mol. The summed E-state index contributed by atoms with van der Waals surface area (Å²) in [5.41, 5.74) is 6.01. The maximum Gasteiger partial charge on any atom is 0.252 e. The van der Waals surface area contributed by atoms with Crippen molar-refractivity contribution in [2.75, 3.05) is 19.7 Å². The zero-order chi connectivity index (χ0) is 14.4. The minimum Gasteiger partial charge on any atom is -0.376 e. The fourth-order valence-corrected chi connectivity index (χ4v) is 2.07. The van der Waals surface area contributed by atoms with Crippen LogP contribution < -0.4 is 11.1 Å². The van der Waals surface area contributed by atoms with Crippen molar-refractivity contribution in [1.29, 1.82) is 0 Å². The van der Waals surface area contributed by atoms with Crippen LogP contribution in [-0.2, 0) is 4.74 Å². The van der Waals surface area contributed by atoms with E-state index in [1.54, 1.807) is 0 Å². The molecule has 1 unspecified atom stereocenters. The highest BCUT2D eigenvalue weighted by Gasteiger charge is 2.18. The standard InChI is InChI=1S/C15H17FN2O2/c16-12-6-5-11(3-1-7-17)14(9-12)15(19)18-10-13-4-2-8-20-13/h5-6,9,13H,2,4,7-8,10,17H2,(H,18,19). The summed E-state index contributed by atoms with van der Waals surface area (Å²) in [5, 5.41) is 2.76. The molecular formula is C15H17FN2O2. The van der Waals surface area contributed by atoms with Crippen LogP contribution >= 0.6 is 0 Å². The normalized spacial score (nSPS) is 17.4. The van der Waals surface area contributed by atoms with E-state index in [4.69, 9.17) is 10.5 Å². The van der Waals surface area contributed by atoms with E-state index in [0.29, 0.717) is 12.1 Å². The first-order chi connectivity index (χ1) is 9.70. The van der Waals surface area contributed by atoms with E-state index in [-0.39, 0.29) is 24.1 Å². The van der Waals surface area contributed by atoms with Gasteiger partial charge in [0.2, 0.25) is 0 Å². The molecule has 20 heavy (non-hydrogen) atoms. The Hall–Kier alpha value is -1.90. The van der Waals surface area contributed by atoms with Crippen molar-refractivity contribution in [2.45, 2.75) is 18.9 Å². The van der Waals surface area contributed by atoms with E-state index in [1.807, 2.05) is 0 Å². The Kier molecular flexibility index (Phi) is 5.10. The number of ether oxygens (including phenoxy) is 1. The van der Waals surface area contributed by atoms with E-state index in [2.05, 4.69) is 17.2 Å². The average molecular weight is 276 g/mol. The second-order valence-corrected chi connectivity index (χ2v) is 4.54. The molecule has 1 aliphatic heterocycles. The van der Waals surface area contributed by atoms with Crippen molar-refractivity contribution in [2.24, 2.45) is 5.73 Å². The van der Waals surface area contributed by atoms with Crippen molar-refractivity contribution in [1.82, 2.24) is 5.32 Å². The predicted molar refractivity (Wildman–Crippen MR) is 73.6 cm³/mol. The molecule has 1 aromatic rings. The third-order valence-corrected chi connectivity index (χ3v) is 3.07. The highest BCUT2D eigenvalue weighted by Crippen LogP contribution is 2.13. The number of benzene rings is 1. The van der Waals surface area contributed by atoms with Gasteiger partial charge in [-0.15, -0.1) is 0 Å². The SMILES string of the molecule is NCC#Cc1ccc(F)cc1C(=O)NCC1CCCO1. The Balaban J connectivity index is 2.08. The van der Waals surface area contributed by atoms with Gasteiger partial charge in [-0.2, -0.15) is 0 Å². The van der Waals surface area contributed by atoms with E-state index in [9.17, 15) is 9.18 Å². The molecule has 0 saturated carbocycles. The lowest BCUT2D eigenvalue weighted by Crippen LogP contribution is -2.32. The predicted octanol–water partition coefficient (Wildman–Crippen LogP) is 1.04. The Morgan fingerprint density at radius 2 is 2.40 bits per heavy atom. The minimum atomic E-state index is -0.467. The smallest absolute Gasteiger partial charge is 0.252 e. The number of hydrogen-bond acceptors (Lipinski definition) is 3. The van der Waals surface area contributed by atoms with E-state index in [1.165, 1.54) is 18.2 Å². The molecule has 1 atom stereocenters. The highest BCUT2D eigenvalue weighted by molar-refractivity contribution is 5.96. The van der Waals surface area contributed by atoms with Gasteiger partial charge in [0, 0.05) is 18.7 Å². The molecule has 0 spiro atoms. The lowest BCUT2D eigenvalue weighted by molar-refractivity contribution is 0.0857. The van der Waals surface area contributed by atoms with Crippen LogP contribution in [0.25, 0.3) is 0 Å². The second-order valence-electron chi connectivity index (χ2n) is 4.54. The van der Waals surface area contributed by atoms with E-state index >= 15 is 0 Å². The topological polar surface area (TPSA) is 64.4 Å². The molecule has 1 heterocycles. The quantitative estimate of drug-likeness (QED) is 0.811. The van der Waals surface area contributed by atoms with Gasteiger partial charge in [0.25, 0.3) is 5.91 Å². The number of hydrogen-bond donors (Lipinski definition) is 2. The number of halogens is 1. The molecule has 1 amide bonds. The van der Waals surface area contributed by atoms with Gasteiger partial charge >= 0.3 is 0 Å². The number of rotatable bonds is 3. The van der Waals surface area contributed by atoms with Crippen LogP contribution in [0.5, 0.6) is 0 Å². The van der Waals surface area contributed by atoms with Crippen molar-refractivity contribution in [3.63, 3.8) is 0 Å². The van der Waals surface area contributed by atoms with Crippen molar-refractivity contribution in [3.05, 3.63) is 35.1 Å². The van der Waals surface area contributed by atoms with Crippen LogP contribution in [0, 0.1) is 17.7 Å². The van der Waals surface area contributed by atoms with E-state index in [0.717, 1.165) is 19.4 Å². The van der Waals surface area contributed by atoms with Gasteiger partial charge in [-0.05, 0) is 31.0 Å². The number of nitrogens with two attached hydrogens (primary N) is 1. The Morgan fingerprint density at radius 3 is 3.10 bits per heavy atom. The van der Waals surface area contributed by atoms with Gasteiger partial charge in [-0.1, -0.05) is 11.8 Å². The maximum absolute atomic E-state index is 13.3. The van der Waals surface area contributed by atoms with Crippen LogP contribution in [0.3, 0.4) is 0 Å². The number of carbonyl (C=O) groups is 1. The highest BCUT2D eigenvalue weighted by atomic mass is 19.1. The minimum absolute atomic E-state index is 0.0473. The first-order valence-electron chi connectivity index (χ1n) is 6.59. The van der Waals surface area contributed by atoms with Crippen molar-refractivity contribution < 1.29 is 13.9 Å². The lowest BCUT2D eigenvalue weighted by atomic mass is 10.1. The molecule has 0 radical (unpaired) electrons. The summed E-state index contributed by atoms with van der Waals surface area (Å²) in [4.78, 5) is 12.1. The molecule has 0 bridgehead atoms. The summed E-state index contributed by atoms with van der Waals surface area (Å²) in [6.07, 6.45) is 1.99. The van der Waals surface area contributed by atoms with Crippen LogP contribution in [0.15, 0.2) is 18.2 Å². The summed E-state index contributed by atoms with van der Waals surface area (Å²) in [7, 11) is 0. The molecule has 0 aromatic heterocycles. The first-order valence-corrected chi connectivity index (χ1v) is 6.59. The van der Waals surface area contributed by atoms with Gasteiger partial charge in [-0.25, -0.2) is 4.39 Å². The van der Waals surface area contributed by atoms with Gasteiger partial charge < -0.3 is 15.8 Å². The average Bonchev–Trinajstić information content (AvgIpc) is 2.96. The fraction of sp³-hybridized carbons (Fsp3) is 0.400. The Bertz CT molecular complexity index is 543. The molecule has 1 fully saturated rings. The molecule has 2 rings (SSSR count). The van der Waals surface area contributed by atoms with Crippen molar-refractivity contribution in [3.8, 4) is 11.8 Å². The van der Waals surface area contributed by atoms with Gasteiger partial charge in [-0.3, -0.25) is 4.79 Å². The van der Waals surface area contributed by atoms with Gasteiger partial charge in [0.1, 0.15) is 5.82 Å². The molecule has 1 aliphatic rings. The third kappa shape index (κ3) is 3.80. The third-order valence-electron chi connectivity index (χ3n) is 3.07. The van der Waals surface area contributed by atoms with Crippen LogP contribution in [0.1, 0.15) is 28.8 Å². The largest absolute Gasteiger partial charge is 0.376 e. The number of carbonyl (C=O) groups excluding carboxylic acids is 1. The molecule has 0 aliphatic carbocycles. The van der Waals surface area contributed by atoms with E-state index < -0.39 is 5.82 Å². The van der Waals surface area contributed by atoms with Gasteiger partial charge in [0.15, 0.2) is 0 Å². The Morgan fingerprint density at radius 1 is 1.55 bits per heavy atom. The van der Waals surface area contributed by atoms with Gasteiger partial charge in [0.05, 0.1) is 18.2 Å². The summed E-state index contributed by atoms with van der Waals surface area (Å²) in [6, 6.07) is 3.95. The summed E-state index contributed by atoms with van der Waals surface area (Å²) >= 11 is 0. The summed E-state index contributed by atoms with van der Waals surface area (Å²) in [6.45, 7) is 1.35.